The molecule has 2 aromatic carbocycles. The molecule has 0 radical (unpaired) electrons. The molecule has 0 saturated carbocycles. The summed E-state index contributed by atoms with van der Waals surface area (Å²) in [6, 6.07) is 8.08. The number of rotatable bonds is 5. The maximum Gasteiger partial charge on any atom is 0.270 e. The number of nitro benzene ring substituents is 1. The summed E-state index contributed by atoms with van der Waals surface area (Å²) in [4.78, 5) is 34.0. The molecule has 0 fully saturated rings. The van der Waals surface area contributed by atoms with E-state index >= 15 is 0 Å². The summed E-state index contributed by atoms with van der Waals surface area (Å²) < 4.78 is 12.4. The molecule has 0 heterocycles. The van der Waals surface area contributed by atoms with Gasteiger partial charge in [0.2, 0.25) is 0 Å². The van der Waals surface area contributed by atoms with Crippen LogP contribution in [0.2, 0.25) is 5.02 Å². The molecular weight excluding hydrogens is 353 g/mol. The second-order valence-electron chi connectivity index (χ2n) is 5.08. The number of carbonyl (C=O) groups is 2. The highest BCUT2D eigenvalue weighted by atomic mass is 35.5. The standard InChI is InChI=1S/C16H13ClFN3O4/c1-9-6-10(17)2-4-13(9)20-16(23)12-7-11(21(24)25)3-5-14(12)19-15(22)8-18/h2-7H,8H2,1H3,(H,19,22)(H,20,23). The summed E-state index contributed by atoms with van der Waals surface area (Å²) in [6.45, 7) is 0.440. The number of carbonyl (C=O) groups excluding carboxylic acids is 2. The van der Waals surface area contributed by atoms with Gasteiger partial charge >= 0.3 is 0 Å². The van der Waals surface area contributed by atoms with Gasteiger partial charge in [-0.3, -0.25) is 19.7 Å². The van der Waals surface area contributed by atoms with Crippen LogP contribution in [-0.2, 0) is 4.79 Å². The van der Waals surface area contributed by atoms with E-state index in [1.54, 1.807) is 25.1 Å². The minimum absolute atomic E-state index is 0.0302. The number of nitrogens with zero attached hydrogens (tertiary/aromatic N) is 1. The van der Waals surface area contributed by atoms with Gasteiger partial charge in [0.05, 0.1) is 16.2 Å². The smallest absolute Gasteiger partial charge is 0.270 e. The molecule has 130 valence electrons. The number of benzene rings is 2. The summed E-state index contributed by atoms with van der Waals surface area (Å²) in [6.07, 6.45) is 0. The first-order valence-electron chi connectivity index (χ1n) is 7.03. The number of non-ortho nitro benzene ring substituents is 1. The lowest BCUT2D eigenvalue weighted by Crippen LogP contribution is -2.19. The largest absolute Gasteiger partial charge is 0.323 e. The summed E-state index contributed by atoms with van der Waals surface area (Å²) in [5, 5.41) is 16.2. The van der Waals surface area contributed by atoms with Gasteiger partial charge in [0, 0.05) is 22.8 Å². The van der Waals surface area contributed by atoms with E-state index in [2.05, 4.69) is 10.6 Å². The van der Waals surface area contributed by atoms with E-state index in [0.717, 1.165) is 12.1 Å². The van der Waals surface area contributed by atoms with E-state index in [1.165, 1.54) is 6.07 Å². The number of hydrogen-bond donors (Lipinski definition) is 2. The van der Waals surface area contributed by atoms with Crippen LogP contribution in [0.4, 0.5) is 21.5 Å². The number of hydrogen-bond acceptors (Lipinski definition) is 4. The fourth-order valence-electron chi connectivity index (χ4n) is 2.08. The monoisotopic (exact) mass is 365 g/mol. The Morgan fingerprint density at radius 3 is 2.44 bits per heavy atom. The number of alkyl halides is 1. The maximum atomic E-state index is 12.5. The summed E-state index contributed by atoms with van der Waals surface area (Å²) in [7, 11) is 0. The number of halogens is 2. The molecule has 9 heteroatoms. The molecule has 25 heavy (non-hydrogen) atoms. The molecule has 0 aliphatic carbocycles. The van der Waals surface area contributed by atoms with Gasteiger partial charge in [0.25, 0.3) is 17.5 Å². The van der Waals surface area contributed by atoms with Gasteiger partial charge in [-0.05, 0) is 36.8 Å². The quantitative estimate of drug-likeness (QED) is 0.622. The van der Waals surface area contributed by atoms with Crippen molar-refractivity contribution >= 4 is 40.5 Å². The Kier molecular flexibility index (Phi) is 5.66. The lowest BCUT2D eigenvalue weighted by molar-refractivity contribution is -0.384. The van der Waals surface area contributed by atoms with E-state index in [1.807, 2.05) is 0 Å². The van der Waals surface area contributed by atoms with Crippen molar-refractivity contribution in [2.75, 3.05) is 17.3 Å². The van der Waals surface area contributed by atoms with Crippen LogP contribution in [0.15, 0.2) is 36.4 Å². The first kappa shape index (κ1) is 18.3. The third kappa shape index (κ3) is 4.51. The van der Waals surface area contributed by atoms with Crippen LogP contribution in [-0.4, -0.2) is 23.4 Å². The number of nitro groups is 1. The van der Waals surface area contributed by atoms with E-state index in [-0.39, 0.29) is 16.9 Å². The first-order valence-corrected chi connectivity index (χ1v) is 7.41. The zero-order chi connectivity index (χ0) is 18.6. The van der Waals surface area contributed by atoms with Crippen LogP contribution in [0.5, 0.6) is 0 Å². The normalized spacial score (nSPS) is 10.2. The van der Waals surface area contributed by atoms with Crippen molar-refractivity contribution in [3.05, 3.63) is 62.7 Å². The molecule has 2 N–H and O–H groups in total. The number of amides is 2. The average Bonchev–Trinajstić information content (AvgIpc) is 2.57. The van der Waals surface area contributed by atoms with Gasteiger partial charge < -0.3 is 10.6 Å². The van der Waals surface area contributed by atoms with E-state index < -0.39 is 23.4 Å². The molecule has 0 bridgehead atoms. The summed E-state index contributed by atoms with van der Waals surface area (Å²) in [5.41, 5.74) is 0.600. The zero-order valence-electron chi connectivity index (χ0n) is 13.0. The van der Waals surface area contributed by atoms with Crippen LogP contribution in [0.3, 0.4) is 0 Å². The van der Waals surface area contributed by atoms with Crippen LogP contribution >= 0.6 is 11.6 Å². The van der Waals surface area contributed by atoms with Gasteiger partial charge in [-0.15, -0.1) is 0 Å². The van der Waals surface area contributed by atoms with Crippen molar-refractivity contribution in [1.29, 1.82) is 0 Å². The van der Waals surface area contributed by atoms with Crippen molar-refractivity contribution in [2.24, 2.45) is 0 Å². The van der Waals surface area contributed by atoms with Gasteiger partial charge in [-0.25, -0.2) is 4.39 Å². The maximum absolute atomic E-state index is 12.5. The van der Waals surface area contributed by atoms with E-state index in [0.29, 0.717) is 16.3 Å². The minimum atomic E-state index is -1.28. The Labute approximate surface area is 146 Å². The van der Waals surface area contributed by atoms with Crippen molar-refractivity contribution < 1.29 is 18.9 Å². The molecule has 7 nitrogen and oxygen atoms in total. The topological polar surface area (TPSA) is 101 Å². The molecule has 0 unspecified atom stereocenters. The second-order valence-corrected chi connectivity index (χ2v) is 5.52. The molecule has 2 rings (SSSR count). The molecule has 0 aliphatic heterocycles. The predicted molar refractivity (Wildman–Crippen MR) is 91.8 cm³/mol. The summed E-state index contributed by atoms with van der Waals surface area (Å²) >= 11 is 5.85. The second kappa shape index (κ2) is 7.71. The Morgan fingerprint density at radius 2 is 1.84 bits per heavy atom. The average molecular weight is 366 g/mol. The SMILES string of the molecule is Cc1cc(Cl)ccc1NC(=O)c1cc([N+](=O)[O-])ccc1NC(=O)CF. The number of nitrogens with one attached hydrogen (secondary N) is 2. The van der Waals surface area contributed by atoms with Gasteiger partial charge in [0.1, 0.15) is 0 Å². The summed E-state index contributed by atoms with van der Waals surface area (Å²) in [5.74, 6) is -1.66. The van der Waals surface area contributed by atoms with Crippen LogP contribution in [0.1, 0.15) is 15.9 Å². The zero-order valence-corrected chi connectivity index (χ0v) is 13.8. The Balaban J connectivity index is 2.39. The first-order chi connectivity index (χ1) is 11.8. The van der Waals surface area contributed by atoms with Crippen molar-refractivity contribution in [3.63, 3.8) is 0 Å². The molecule has 0 atom stereocenters. The third-order valence-electron chi connectivity index (χ3n) is 3.29. The predicted octanol–water partition coefficient (Wildman–Crippen LogP) is 3.72. The highest BCUT2D eigenvalue weighted by molar-refractivity contribution is 6.30. The number of anilines is 2. The van der Waals surface area contributed by atoms with Crippen molar-refractivity contribution in [2.45, 2.75) is 6.92 Å². The highest BCUT2D eigenvalue weighted by Gasteiger charge is 2.19. The van der Waals surface area contributed by atoms with E-state index in [4.69, 9.17) is 11.6 Å². The van der Waals surface area contributed by atoms with Gasteiger partial charge in [0.15, 0.2) is 6.67 Å². The van der Waals surface area contributed by atoms with Crippen LogP contribution in [0.25, 0.3) is 0 Å². The third-order valence-corrected chi connectivity index (χ3v) is 3.53. The van der Waals surface area contributed by atoms with Crippen molar-refractivity contribution in [1.82, 2.24) is 0 Å². The Bertz CT molecular complexity index is 857. The molecule has 2 aromatic rings. The molecule has 0 spiro atoms. The molecule has 2 amide bonds. The molecule has 0 aromatic heterocycles. The molecule has 0 saturated heterocycles. The Morgan fingerprint density at radius 1 is 1.16 bits per heavy atom. The van der Waals surface area contributed by atoms with Gasteiger partial charge in [-0.2, -0.15) is 0 Å². The lowest BCUT2D eigenvalue weighted by atomic mass is 10.1. The lowest BCUT2D eigenvalue weighted by Gasteiger charge is -2.12. The minimum Gasteiger partial charge on any atom is -0.323 e. The highest BCUT2D eigenvalue weighted by Crippen LogP contribution is 2.25. The molecule has 0 aliphatic rings. The van der Waals surface area contributed by atoms with E-state index in [9.17, 15) is 24.1 Å². The Hall–Kier alpha value is -3.00. The van der Waals surface area contributed by atoms with Crippen LogP contribution in [0, 0.1) is 17.0 Å². The van der Waals surface area contributed by atoms with Crippen LogP contribution < -0.4 is 10.6 Å². The van der Waals surface area contributed by atoms with Crippen molar-refractivity contribution in [3.8, 4) is 0 Å². The fraction of sp³-hybridized carbons (Fsp3) is 0.125. The van der Waals surface area contributed by atoms with Gasteiger partial charge in [-0.1, -0.05) is 11.6 Å². The fourth-order valence-corrected chi connectivity index (χ4v) is 2.31. The molecular formula is C16H13ClFN3O4. The number of aryl methyl sites for hydroxylation is 1.